The molecule has 6 nitrogen and oxygen atoms in total. The van der Waals surface area contributed by atoms with E-state index in [-0.39, 0.29) is 12.5 Å². The summed E-state index contributed by atoms with van der Waals surface area (Å²) in [5.41, 5.74) is 0.428. The quantitative estimate of drug-likeness (QED) is 0.832. The second-order valence-electron chi connectivity index (χ2n) is 4.75. The normalized spacial score (nSPS) is 10.8. The first-order valence-corrected chi connectivity index (χ1v) is 6.04. The summed E-state index contributed by atoms with van der Waals surface area (Å²) in [7, 11) is 3.74. The van der Waals surface area contributed by atoms with Crippen LogP contribution in [-0.4, -0.2) is 60.5 Å². The molecule has 0 aliphatic heterocycles. The number of carbonyl (C=O) groups excluding carboxylic acids is 1. The Kier molecular flexibility index (Phi) is 5.11. The van der Waals surface area contributed by atoms with E-state index in [0.29, 0.717) is 30.2 Å². The van der Waals surface area contributed by atoms with Gasteiger partial charge in [0.2, 0.25) is 0 Å². The Labute approximate surface area is 112 Å². The maximum Gasteiger partial charge on any atom is 0.323 e. The molecular formula is C13H20N2O4. The van der Waals surface area contributed by atoms with Gasteiger partial charge in [-0.25, -0.2) is 0 Å². The van der Waals surface area contributed by atoms with Gasteiger partial charge < -0.3 is 19.3 Å². The lowest BCUT2D eigenvalue weighted by atomic mass is 10.2. The standard InChI is InChI=1S/C13H20N2O4/c1-9-7-11(10(2)19-9)13(18)15(8-12(16)17)6-5-14(3)4/h7H,5-6,8H2,1-4H3,(H,16,17). The zero-order chi connectivity index (χ0) is 14.6. The van der Waals surface area contributed by atoms with Crippen molar-refractivity contribution in [3.63, 3.8) is 0 Å². The van der Waals surface area contributed by atoms with Crippen LogP contribution in [0.4, 0.5) is 0 Å². The van der Waals surface area contributed by atoms with Gasteiger partial charge in [-0.3, -0.25) is 9.59 Å². The number of hydrogen-bond acceptors (Lipinski definition) is 4. The van der Waals surface area contributed by atoms with Crippen LogP contribution >= 0.6 is 0 Å². The van der Waals surface area contributed by atoms with E-state index in [0.717, 1.165) is 0 Å². The number of aliphatic carboxylic acids is 1. The molecule has 0 atom stereocenters. The number of nitrogens with zero attached hydrogens (tertiary/aromatic N) is 2. The van der Waals surface area contributed by atoms with E-state index in [2.05, 4.69) is 0 Å². The molecule has 1 N–H and O–H groups in total. The van der Waals surface area contributed by atoms with E-state index in [1.165, 1.54) is 4.90 Å². The van der Waals surface area contributed by atoms with Crippen molar-refractivity contribution in [2.24, 2.45) is 0 Å². The van der Waals surface area contributed by atoms with E-state index < -0.39 is 5.97 Å². The molecule has 0 fully saturated rings. The van der Waals surface area contributed by atoms with Crippen LogP contribution in [0.15, 0.2) is 10.5 Å². The van der Waals surface area contributed by atoms with Crippen molar-refractivity contribution in [2.45, 2.75) is 13.8 Å². The lowest BCUT2D eigenvalue weighted by molar-refractivity contribution is -0.137. The first-order chi connectivity index (χ1) is 8.81. The third-order valence-electron chi connectivity index (χ3n) is 2.70. The molecule has 1 amide bonds. The minimum absolute atomic E-state index is 0.307. The first kappa shape index (κ1) is 15.2. The largest absolute Gasteiger partial charge is 0.480 e. The fourth-order valence-electron chi connectivity index (χ4n) is 1.75. The van der Waals surface area contributed by atoms with Gasteiger partial charge in [0.25, 0.3) is 5.91 Å². The zero-order valence-electron chi connectivity index (χ0n) is 11.8. The van der Waals surface area contributed by atoms with Gasteiger partial charge in [0.15, 0.2) is 0 Å². The summed E-state index contributed by atoms with van der Waals surface area (Å²) in [4.78, 5) is 26.4. The van der Waals surface area contributed by atoms with Crippen molar-refractivity contribution in [3.05, 3.63) is 23.2 Å². The molecule has 0 saturated carbocycles. The Morgan fingerprint density at radius 1 is 1.26 bits per heavy atom. The predicted molar refractivity (Wildman–Crippen MR) is 70.3 cm³/mol. The number of carboxylic acid groups (broad SMARTS) is 1. The summed E-state index contributed by atoms with van der Waals surface area (Å²) in [5.74, 6) is -0.171. The molecule has 1 aromatic heterocycles. The monoisotopic (exact) mass is 268 g/mol. The highest BCUT2D eigenvalue weighted by Crippen LogP contribution is 2.16. The number of likely N-dealkylation sites (N-methyl/N-ethyl adjacent to an activating group) is 1. The van der Waals surface area contributed by atoms with Crippen molar-refractivity contribution in [1.82, 2.24) is 9.80 Å². The van der Waals surface area contributed by atoms with Crippen LogP contribution in [0.25, 0.3) is 0 Å². The highest BCUT2D eigenvalue weighted by Gasteiger charge is 2.22. The van der Waals surface area contributed by atoms with Crippen molar-refractivity contribution in [3.8, 4) is 0 Å². The molecule has 0 aliphatic rings. The molecule has 6 heteroatoms. The molecule has 0 spiro atoms. The van der Waals surface area contributed by atoms with Crippen LogP contribution in [0, 0.1) is 13.8 Å². The topological polar surface area (TPSA) is 74.0 Å². The van der Waals surface area contributed by atoms with Gasteiger partial charge in [0.05, 0.1) is 5.56 Å². The highest BCUT2D eigenvalue weighted by molar-refractivity contribution is 5.96. The third kappa shape index (κ3) is 4.40. The highest BCUT2D eigenvalue weighted by atomic mass is 16.4. The molecule has 0 unspecified atom stereocenters. The fraction of sp³-hybridized carbons (Fsp3) is 0.538. The van der Waals surface area contributed by atoms with Crippen LogP contribution in [0.3, 0.4) is 0 Å². The minimum atomic E-state index is -1.02. The lowest BCUT2D eigenvalue weighted by Crippen LogP contribution is -2.40. The van der Waals surface area contributed by atoms with Crippen molar-refractivity contribution in [1.29, 1.82) is 0 Å². The van der Waals surface area contributed by atoms with E-state index in [9.17, 15) is 9.59 Å². The Morgan fingerprint density at radius 3 is 2.32 bits per heavy atom. The summed E-state index contributed by atoms with van der Waals surface area (Å²) in [6.45, 7) is 4.11. The molecule has 19 heavy (non-hydrogen) atoms. The average molecular weight is 268 g/mol. The van der Waals surface area contributed by atoms with Gasteiger partial charge in [-0.1, -0.05) is 0 Å². The number of hydrogen-bond donors (Lipinski definition) is 1. The number of furan rings is 1. The maximum atomic E-state index is 12.3. The molecular weight excluding hydrogens is 248 g/mol. The second kappa shape index (κ2) is 6.38. The minimum Gasteiger partial charge on any atom is -0.480 e. The SMILES string of the molecule is Cc1cc(C(=O)N(CCN(C)C)CC(=O)O)c(C)o1. The van der Waals surface area contributed by atoms with E-state index >= 15 is 0 Å². The van der Waals surface area contributed by atoms with Crippen LogP contribution in [0.1, 0.15) is 21.9 Å². The van der Waals surface area contributed by atoms with Crippen molar-refractivity contribution >= 4 is 11.9 Å². The molecule has 0 aromatic carbocycles. The Balaban J connectivity index is 2.87. The first-order valence-electron chi connectivity index (χ1n) is 6.04. The average Bonchev–Trinajstić information content (AvgIpc) is 2.62. The molecule has 106 valence electrons. The van der Waals surface area contributed by atoms with Crippen LogP contribution < -0.4 is 0 Å². The number of rotatable bonds is 6. The lowest BCUT2D eigenvalue weighted by Gasteiger charge is -2.22. The summed E-state index contributed by atoms with van der Waals surface area (Å²) < 4.78 is 5.31. The summed E-state index contributed by atoms with van der Waals surface area (Å²) in [5, 5.41) is 8.89. The maximum absolute atomic E-state index is 12.3. The number of amides is 1. The summed E-state index contributed by atoms with van der Waals surface area (Å²) in [6.07, 6.45) is 0. The molecule has 1 rings (SSSR count). The second-order valence-corrected chi connectivity index (χ2v) is 4.75. The molecule has 0 saturated heterocycles. The smallest absolute Gasteiger partial charge is 0.323 e. The van der Waals surface area contributed by atoms with Gasteiger partial charge in [-0.05, 0) is 34.0 Å². The van der Waals surface area contributed by atoms with E-state index in [4.69, 9.17) is 9.52 Å². The van der Waals surface area contributed by atoms with Gasteiger partial charge in [-0.15, -0.1) is 0 Å². The zero-order valence-corrected chi connectivity index (χ0v) is 11.8. The van der Waals surface area contributed by atoms with Gasteiger partial charge >= 0.3 is 5.97 Å². The van der Waals surface area contributed by atoms with Gasteiger partial charge in [0.1, 0.15) is 18.1 Å². The third-order valence-corrected chi connectivity index (χ3v) is 2.70. The van der Waals surface area contributed by atoms with Crippen molar-refractivity contribution < 1.29 is 19.1 Å². The molecule has 1 heterocycles. The fourth-order valence-corrected chi connectivity index (χ4v) is 1.75. The number of carboxylic acids is 1. The van der Waals surface area contributed by atoms with Gasteiger partial charge in [-0.2, -0.15) is 0 Å². The van der Waals surface area contributed by atoms with E-state index in [1.54, 1.807) is 19.9 Å². The van der Waals surface area contributed by atoms with Gasteiger partial charge in [0, 0.05) is 13.1 Å². The molecule has 0 bridgehead atoms. The number of carbonyl (C=O) groups is 2. The Hall–Kier alpha value is -1.82. The van der Waals surface area contributed by atoms with Crippen LogP contribution in [0.2, 0.25) is 0 Å². The summed E-state index contributed by atoms with van der Waals surface area (Å²) in [6, 6.07) is 1.64. The van der Waals surface area contributed by atoms with E-state index in [1.807, 2.05) is 19.0 Å². The number of aryl methyl sites for hydroxylation is 2. The summed E-state index contributed by atoms with van der Waals surface area (Å²) >= 11 is 0. The predicted octanol–water partition coefficient (Wildman–Crippen LogP) is 0.985. The molecule has 0 radical (unpaired) electrons. The van der Waals surface area contributed by atoms with Crippen LogP contribution in [-0.2, 0) is 4.79 Å². The van der Waals surface area contributed by atoms with Crippen molar-refractivity contribution in [2.75, 3.05) is 33.7 Å². The Bertz CT molecular complexity index is 465. The molecule has 1 aromatic rings. The van der Waals surface area contributed by atoms with Crippen LogP contribution in [0.5, 0.6) is 0 Å². The molecule has 0 aliphatic carbocycles. The Morgan fingerprint density at radius 2 is 1.89 bits per heavy atom.